The number of carbonyl (C=O) groups excluding carboxylic acids is 2. The zero-order chi connectivity index (χ0) is 25.5. The second-order valence-electron chi connectivity index (χ2n) is 11.2. The molecule has 0 aromatic heterocycles. The number of rotatable bonds is 2. The third-order valence-electron chi connectivity index (χ3n) is 9.01. The summed E-state index contributed by atoms with van der Waals surface area (Å²) >= 11 is 0. The lowest BCUT2D eigenvalue weighted by atomic mass is 9.76. The molecular formula is C32H30N2O3. The molecule has 37 heavy (non-hydrogen) atoms. The van der Waals surface area contributed by atoms with Crippen LogP contribution in [0.1, 0.15) is 56.2 Å². The van der Waals surface area contributed by atoms with Crippen molar-refractivity contribution in [2.24, 2.45) is 0 Å². The third kappa shape index (κ3) is 2.85. The molecule has 3 aromatic rings. The summed E-state index contributed by atoms with van der Waals surface area (Å²) in [5.41, 5.74) is 4.91. The third-order valence-corrected chi connectivity index (χ3v) is 9.01. The van der Waals surface area contributed by atoms with E-state index < -0.39 is 5.72 Å². The van der Waals surface area contributed by atoms with Crippen LogP contribution in [0.2, 0.25) is 0 Å². The van der Waals surface area contributed by atoms with Crippen LogP contribution >= 0.6 is 0 Å². The Kier molecular flexibility index (Phi) is 4.58. The predicted octanol–water partition coefficient (Wildman–Crippen LogP) is 6.11. The molecule has 5 nitrogen and oxygen atoms in total. The molecule has 0 bridgehead atoms. The molecule has 3 heterocycles. The summed E-state index contributed by atoms with van der Waals surface area (Å²) in [7, 11) is 2.09. The highest BCUT2D eigenvalue weighted by molar-refractivity contribution is 6.19. The lowest BCUT2D eigenvalue weighted by molar-refractivity contribution is -0.138. The van der Waals surface area contributed by atoms with Gasteiger partial charge in [0.05, 0.1) is 12.0 Å². The Hall–Kier alpha value is -3.86. The second-order valence-corrected chi connectivity index (χ2v) is 11.2. The number of amides is 2. The number of anilines is 1. The summed E-state index contributed by atoms with van der Waals surface area (Å²) < 4.78 is 6.93. The fourth-order valence-corrected chi connectivity index (χ4v) is 6.96. The van der Waals surface area contributed by atoms with Crippen molar-refractivity contribution in [1.29, 1.82) is 0 Å². The monoisotopic (exact) mass is 490 g/mol. The lowest BCUT2D eigenvalue weighted by Crippen LogP contribution is -2.58. The minimum atomic E-state index is -0.657. The quantitative estimate of drug-likeness (QED) is 0.407. The molecule has 1 atom stereocenters. The summed E-state index contributed by atoms with van der Waals surface area (Å²) in [5.74, 6) is 0.588. The molecule has 3 aromatic carbocycles. The molecule has 4 aliphatic rings. The fourth-order valence-electron chi connectivity index (χ4n) is 6.96. The van der Waals surface area contributed by atoms with Gasteiger partial charge in [-0.3, -0.25) is 14.5 Å². The van der Waals surface area contributed by atoms with Crippen LogP contribution in [-0.2, 0) is 21.5 Å². The molecule has 0 saturated carbocycles. The molecule has 7 rings (SSSR count). The largest absolute Gasteiger partial charge is 0.463 e. The van der Waals surface area contributed by atoms with Gasteiger partial charge in [-0.2, -0.15) is 0 Å². The van der Waals surface area contributed by atoms with Crippen LogP contribution in [-0.4, -0.2) is 29.5 Å². The Bertz CT molecular complexity index is 1550. The number of hydrogen-bond donors (Lipinski definition) is 0. The molecule has 0 saturated heterocycles. The van der Waals surface area contributed by atoms with Gasteiger partial charge in [-0.05, 0) is 85.7 Å². The van der Waals surface area contributed by atoms with Crippen LogP contribution in [0.3, 0.4) is 0 Å². The second kappa shape index (κ2) is 7.58. The molecule has 0 N–H and O–H groups in total. The highest BCUT2D eigenvalue weighted by Crippen LogP contribution is 2.54. The number of fused-ring (bicyclic) bond motifs is 4. The van der Waals surface area contributed by atoms with Crippen molar-refractivity contribution < 1.29 is 14.3 Å². The Labute approximate surface area is 217 Å². The zero-order valence-corrected chi connectivity index (χ0v) is 21.5. The molecule has 0 radical (unpaired) electrons. The highest BCUT2D eigenvalue weighted by Gasteiger charge is 2.57. The normalized spacial score (nSPS) is 23.5. The lowest BCUT2D eigenvalue weighted by Gasteiger charge is -2.46. The van der Waals surface area contributed by atoms with Crippen LogP contribution < -0.4 is 9.64 Å². The molecule has 1 unspecified atom stereocenters. The van der Waals surface area contributed by atoms with Crippen molar-refractivity contribution in [2.45, 2.75) is 57.2 Å². The van der Waals surface area contributed by atoms with E-state index in [1.54, 1.807) is 0 Å². The van der Waals surface area contributed by atoms with Gasteiger partial charge in [0, 0.05) is 29.4 Å². The van der Waals surface area contributed by atoms with Gasteiger partial charge in [-0.1, -0.05) is 42.5 Å². The maximum atomic E-state index is 13.2. The fraction of sp³-hybridized carbons (Fsp3) is 0.312. The standard InChI is InChI=1S/C32H30N2O3/c1-31(2)25-13-6-7-14-26(25)33(3)32(31)18-17-24-27(37-32)16-15-20-9-8-10-21(28(20)24)19-34-29(35)22-11-4-5-12-23(22)30(34)36/h6-10,13-18H,4-5,11-12,19H2,1-3H3. The van der Waals surface area contributed by atoms with Gasteiger partial charge in [0.2, 0.25) is 5.72 Å². The van der Waals surface area contributed by atoms with Gasteiger partial charge >= 0.3 is 0 Å². The summed E-state index contributed by atoms with van der Waals surface area (Å²) in [6.45, 7) is 4.74. The molecule has 1 spiro atoms. The molecule has 3 aliphatic heterocycles. The van der Waals surface area contributed by atoms with E-state index in [1.807, 2.05) is 18.2 Å². The van der Waals surface area contributed by atoms with Gasteiger partial charge in [0.15, 0.2) is 0 Å². The number of imide groups is 1. The van der Waals surface area contributed by atoms with Crippen molar-refractivity contribution in [2.75, 3.05) is 11.9 Å². The number of ether oxygens (including phenoxy) is 1. The number of para-hydroxylation sites is 1. The summed E-state index contributed by atoms with van der Waals surface area (Å²) in [6.07, 6.45) is 7.74. The van der Waals surface area contributed by atoms with Gasteiger partial charge in [0.1, 0.15) is 5.75 Å². The van der Waals surface area contributed by atoms with Crippen molar-refractivity contribution >= 4 is 34.4 Å². The van der Waals surface area contributed by atoms with Crippen molar-refractivity contribution in [3.8, 4) is 5.75 Å². The summed E-state index contributed by atoms with van der Waals surface area (Å²) in [6, 6.07) is 18.7. The molecule has 186 valence electrons. The van der Waals surface area contributed by atoms with Crippen LogP contribution in [0.15, 0.2) is 71.8 Å². The van der Waals surface area contributed by atoms with E-state index >= 15 is 0 Å². The van der Waals surface area contributed by atoms with Gasteiger partial charge < -0.3 is 9.64 Å². The minimum Gasteiger partial charge on any atom is -0.463 e. The molecule has 1 aliphatic carbocycles. The number of nitrogens with zero attached hydrogens (tertiary/aromatic N) is 2. The average molecular weight is 491 g/mol. The first-order valence-electron chi connectivity index (χ1n) is 13.2. The maximum absolute atomic E-state index is 13.2. The van der Waals surface area contributed by atoms with Crippen LogP contribution in [0, 0.1) is 0 Å². The number of carbonyl (C=O) groups is 2. The smallest absolute Gasteiger partial charge is 0.257 e. The number of likely N-dealkylation sites (N-methyl/N-ethyl adjacent to an activating group) is 1. The highest BCUT2D eigenvalue weighted by atomic mass is 16.5. The Morgan fingerprint density at radius 1 is 0.892 bits per heavy atom. The van der Waals surface area contributed by atoms with E-state index in [9.17, 15) is 9.59 Å². The number of hydrogen-bond acceptors (Lipinski definition) is 4. The SMILES string of the molecule is CN1c2ccccc2C(C)(C)C12C=Cc1c(ccc3cccc(CN4C(=O)C5=C(CCCC5)C4=O)c13)O2. The average Bonchev–Trinajstić information content (AvgIpc) is 3.25. The summed E-state index contributed by atoms with van der Waals surface area (Å²) in [5, 5.41) is 2.10. The first-order chi connectivity index (χ1) is 17.8. The van der Waals surface area contributed by atoms with E-state index in [-0.39, 0.29) is 23.8 Å². The van der Waals surface area contributed by atoms with E-state index in [2.05, 4.69) is 74.3 Å². The summed E-state index contributed by atoms with van der Waals surface area (Å²) in [4.78, 5) is 30.0. The zero-order valence-electron chi connectivity index (χ0n) is 21.5. The van der Waals surface area contributed by atoms with E-state index in [0.29, 0.717) is 12.8 Å². The van der Waals surface area contributed by atoms with Crippen LogP contribution in [0.25, 0.3) is 16.8 Å². The van der Waals surface area contributed by atoms with Gasteiger partial charge in [0.25, 0.3) is 11.8 Å². The predicted molar refractivity (Wildman–Crippen MR) is 145 cm³/mol. The Morgan fingerprint density at radius 3 is 2.35 bits per heavy atom. The van der Waals surface area contributed by atoms with Crippen molar-refractivity contribution in [3.05, 3.63) is 88.5 Å². The Morgan fingerprint density at radius 2 is 1.62 bits per heavy atom. The van der Waals surface area contributed by atoms with Gasteiger partial charge in [-0.25, -0.2) is 0 Å². The molecule has 0 fully saturated rings. The van der Waals surface area contributed by atoms with E-state index in [0.717, 1.165) is 51.6 Å². The van der Waals surface area contributed by atoms with Crippen LogP contribution in [0.5, 0.6) is 5.75 Å². The first kappa shape index (κ1) is 22.3. The molecular weight excluding hydrogens is 460 g/mol. The van der Waals surface area contributed by atoms with Crippen LogP contribution in [0.4, 0.5) is 5.69 Å². The molecule has 2 amide bonds. The van der Waals surface area contributed by atoms with E-state index in [1.165, 1.54) is 16.2 Å². The molecule has 5 heteroatoms. The van der Waals surface area contributed by atoms with Gasteiger partial charge in [-0.15, -0.1) is 0 Å². The van der Waals surface area contributed by atoms with E-state index in [4.69, 9.17) is 4.74 Å². The van der Waals surface area contributed by atoms with Crippen molar-refractivity contribution in [1.82, 2.24) is 4.90 Å². The first-order valence-corrected chi connectivity index (χ1v) is 13.2. The topological polar surface area (TPSA) is 49.9 Å². The Balaban J connectivity index is 1.31. The van der Waals surface area contributed by atoms with Crippen molar-refractivity contribution in [3.63, 3.8) is 0 Å². The maximum Gasteiger partial charge on any atom is 0.257 e. The minimum absolute atomic E-state index is 0.112. The number of benzene rings is 3.